The molecule has 152 valence electrons. The van der Waals surface area contributed by atoms with Gasteiger partial charge in [-0.3, -0.25) is 14.4 Å². The van der Waals surface area contributed by atoms with Crippen molar-refractivity contribution in [3.05, 3.63) is 48.0 Å². The molecule has 3 amide bonds. The molecule has 2 heterocycles. The zero-order valence-corrected chi connectivity index (χ0v) is 16.9. The van der Waals surface area contributed by atoms with Crippen molar-refractivity contribution >= 4 is 29.1 Å². The van der Waals surface area contributed by atoms with E-state index in [0.29, 0.717) is 30.0 Å². The first-order valence-corrected chi connectivity index (χ1v) is 9.55. The van der Waals surface area contributed by atoms with Crippen LogP contribution in [0.2, 0.25) is 0 Å². The van der Waals surface area contributed by atoms with Crippen molar-refractivity contribution in [3.63, 3.8) is 0 Å². The van der Waals surface area contributed by atoms with Gasteiger partial charge in [0.2, 0.25) is 11.8 Å². The molecular formula is C21H25N5O3. The van der Waals surface area contributed by atoms with Gasteiger partial charge >= 0.3 is 0 Å². The lowest BCUT2D eigenvalue weighted by Gasteiger charge is -2.16. The van der Waals surface area contributed by atoms with E-state index in [-0.39, 0.29) is 29.7 Å². The number of anilines is 2. The second-order valence-electron chi connectivity index (χ2n) is 7.97. The lowest BCUT2D eigenvalue weighted by atomic mass is 9.96. The number of nitrogens with zero attached hydrogens (tertiary/aromatic N) is 3. The van der Waals surface area contributed by atoms with Gasteiger partial charge in [-0.15, -0.1) is 0 Å². The van der Waals surface area contributed by atoms with Gasteiger partial charge < -0.3 is 15.5 Å². The topological polar surface area (TPSA) is 104 Å². The van der Waals surface area contributed by atoms with Crippen LogP contribution < -0.4 is 15.5 Å². The normalized spacial score (nSPS) is 14.0. The largest absolute Gasteiger partial charge is 0.343 e. The van der Waals surface area contributed by atoms with Crippen LogP contribution in [0.5, 0.6) is 0 Å². The summed E-state index contributed by atoms with van der Waals surface area (Å²) in [5.41, 5.74) is 1.50. The van der Waals surface area contributed by atoms with Crippen molar-refractivity contribution < 1.29 is 14.4 Å². The smallest absolute Gasteiger partial charge is 0.251 e. The molecule has 0 spiro atoms. The Morgan fingerprint density at radius 1 is 1.10 bits per heavy atom. The number of amides is 3. The first-order valence-electron chi connectivity index (χ1n) is 9.55. The quantitative estimate of drug-likeness (QED) is 0.808. The van der Waals surface area contributed by atoms with Gasteiger partial charge in [0.15, 0.2) is 0 Å². The minimum atomic E-state index is -0.371. The van der Waals surface area contributed by atoms with E-state index in [2.05, 4.69) is 20.6 Å². The van der Waals surface area contributed by atoms with Crippen molar-refractivity contribution in [2.45, 2.75) is 39.0 Å². The standard InChI is InChI=1S/C21H25N5O3/c1-21(2,3)20-23-11-15(12-24-20)25-17(27)13-22-19(29)14-6-8-16(9-7-14)26-10-4-5-18(26)28/h6-9,11-12H,4-5,10,13H2,1-3H3,(H,22,29)(H,25,27). The van der Waals surface area contributed by atoms with Gasteiger partial charge in [0, 0.05) is 29.6 Å². The molecule has 1 aliphatic heterocycles. The van der Waals surface area contributed by atoms with Crippen LogP contribution in [0.1, 0.15) is 49.8 Å². The molecule has 29 heavy (non-hydrogen) atoms. The highest BCUT2D eigenvalue weighted by atomic mass is 16.2. The highest BCUT2D eigenvalue weighted by molar-refractivity contribution is 6.00. The van der Waals surface area contributed by atoms with E-state index in [4.69, 9.17) is 0 Å². The predicted molar refractivity (Wildman–Crippen MR) is 110 cm³/mol. The van der Waals surface area contributed by atoms with Crippen molar-refractivity contribution in [1.29, 1.82) is 0 Å². The van der Waals surface area contributed by atoms with Gasteiger partial charge in [-0.05, 0) is 30.7 Å². The summed E-state index contributed by atoms with van der Waals surface area (Å²) in [6.07, 6.45) is 4.50. The van der Waals surface area contributed by atoms with Gasteiger partial charge in [0.1, 0.15) is 5.82 Å². The van der Waals surface area contributed by atoms with Crippen molar-refractivity contribution in [2.75, 3.05) is 23.3 Å². The third-order valence-corrected chi connectivity index (χ3v) is 4.53. The molecule has 0 bridgehead atoms. The summed E-state index contributed by atoms with van der Waals surface area (Å²) in [6, 6.07) is 6.78. The van der Waals surface area contributed by atoms with Crippen LogP contribution in [0, 0.1) is 0 Å². The maximum absolute atomic E-state index is 12.3. The van der Waals surface area contributed by atoms with Gasteiger partial charge in [-0.2, -0.15) is 0 Å². The molecule has 0 unspecified atom stereocenters. The highest BCUT2D eigenvalue weighted by Gasteiger charge is 2.22. The molecule has 8 nitrogen and oxygen atoms in total. The molecule has 3 rings (SSSR count). The SMILES string of the molecule is CC(C)(C)c1ncc(NC(=O)CNC(=O)c2ccc(N3CCCC3=O)cc2)cn1. The number of carbonyl (C=O) groups is 3. The Bertz CT molecular complexity index is 901. The van der Waals surface area contributed by atoms with E-state index >= 15 is 0 Å². The molecule has 1 aliphatic rings. The predicted octanol–water partition coefficient (Wildman–Crippen LogP) is 2.27. The van der Waals surface area contributed by atoms with Crippen LogP contribution in [0.3, 0.4) is 0 Å². The monoisotopic (exact) mass is 395 g/mol. The second-order valence-corrected chi connectivity index (χ2v) is 7.97. The summed E-state index contributed by atoms with van der Waals surface area (Å²) < 4.78 is 0. The van der Waals surface area contributed by atoms with Crippen LogP contribution in [0.4, 0.5) is 11.4 Å². The number of hydrogen-bond acceptors (Lipinski definition) is 5. The number of hydrogen-bond donors (Lipinski definition) is 2. The Kier molecular flexibility index (Phi) is 5.91. The summed E-state index contributed by atoms with van der Waals surface area (Å²) >= 11 is 0. The van der Waals surface area contributed by atoms with Crippen molar-refractivity contribution in [1.82, 2.24) is 15.3 Å². The Labute approximate surface area is 169 Å². The Balaban J connectivity index is 1.51. The third-order valence-electron chi connectivity index (χ3n) is 4.53. The number of aromatic nitrogens is 2. The summed E-state index contributed by atoms with van der Waals surface area (Å²) in [7, 11) is 0. The fourth-order valence-electron chi connectivity index (χ4n) is 2.96. The lowest BCUT2D eigenvalue weighted by Crippen LogP contribution is -2.33. The van der Waals surface area contributed by atoms with E-state index in [9.17, 15) is 14.4 Å². The maximum atomic E-state index is 12.3. The summed E-state index contributed by atoms with van der Waals surface area (Å²) in [6.45, 7) is 6.54. The molecule has 0 radical (unpaired) electrons. The van der Waals surface area contributed by atoms with Crippen LogP contribution in [-0.4, -0.2) is 40.8 Å². The van der Waals surface area contributed by atoms with Gasteiger partial charge in [-0.1, -0.05) is 20.8 Å². The molecule has 0 atom stereocenters. The van der Waals surface area contributed by atoms with Gasteiger partial charge in [-0.25, -0.2) is 9.97 Å². The van der Waals surface area contributed by atoms with Crippen LogP contribution in [0.15, 0.2) is 36.7 Å². The molecule has 1 aromatic carbocycles. The molecule has 1 aromatic heterocycles. The van der Waals surface area contributed by atoms with Crippen molar-refractivity contribution in [2.24, 2.45) is 0 Å². The molecule has 8 heteroatoms. The summed E-state index contributed by atoms with van der Waals surface area (Å²) in [5.74, 6) is 0.0461. The molecule has 0 saturated carbocycles. The lowest BCUT2D eigenvalue weighted by molar-refractivity contribution is -0.117. The zero-order chi connectivity index (χ0) is 21.0. The molecule has 2 aromatic rings. The van der Waals surface area contributed by atoms with E-state index < -0.39 is 0 Å². The second kappa shape index (κ2) is 8.38. The first kappa shape index (κ1) is 20.4. The van der Waals surface area contributed by atoms with E-state index in [0.717, 1.165) is 12.1 Å². The molecule has 2 N–H and O–H groups in total. The van der Waals surface area contributed by atoms with Crippen LogP contribution in [-0.2, 0) is 15.0 Å². The molecule has 1 saturated heterocycles. The molecule has 1 fully saturated rings. The third kappa shape index (κ3) is 5.16. The van der Waals surface area contributed by atoms with Crippen LogP contribution in [0.25, 0.3) is 0 Å². The Morgan fingerprint density at radius 3 is 2.31 bits per heavy atom. The molecular weight excluding hydrogens is 370 g/mol. The van der Waals surface area contributed by atoms with Crippen LogP contribution >= 0.6 is 0 Å². The first-order chi connectivity index (χ1) is 13.7. The Hall–Kier alpha value is -3.29. The highest BCUT2D eigenvalue weighted by Crippen LogP contribution is 2.21. The zero-order valence-electron chi connectivity index (χ0n) is 16.9. The Morgan fingerprint density at radius 2 is 1.76 bits per heavy atom. The van der Waals surface area contributed by atoms with Gasteiger partial charge in [0.25, 0.3) is 5.91 Å². The summed E-state index contributed by atoms with van der Waals surface area (Å²) in [5, 5.41) is 5.24. The van der Waals surface area contributed by atoms with E-state index in [1.807, 2.05) is 20.8 Å². The number of rotatable bonds is 5. The van der Waals surface area contributed by atoms with Crippen molar-refractivity contribution in [3.8, 4) is 0 Å². The number of nitrogens with one attached hydrogen (secondary N) is 2. The van der Waals surface area contributed by atoms with E-state index in [1.165, 1.54) is 0 Å². The fraction of sp³-hybridized carbons (Fsp3) is 0.381. The molecule has 0 aliphatic carbocycles. The van der Waals surface area contributed by atoms with E-state index in [1.54, 1.807) is 41.6 Å². The maximum Gasteiger partial charge on any atom is 0.251 e. The number of carbonyl (C=O) groups excluding carboxylic acids is 3. The fourth-order valence-corrected chi connectivity index (χ4v) is 2.96. The number of benzene rings is 1. The minimum absolute atomic E-state index is 0.0957. The minimum Gasteiger partial charge on any atom is -0.343 e. The summed E-state index contributed by atoms with van der Waals surface area (Å²) in [4.78, 5) is 46.3. The van der Waals surface area contributed by atoms with Gasteiger partial charge in [0.05, 0.1) is 24.6 Å². The average molecular weight is 395 g/mol. The average Bonchev–Trinajstić information content (AvgIpc) is 3.12.